The average Bonchev–Trinajstić information content (AvgIpc) is 2.77. The van der Waals surface area contributed by atoms with Gasteiger partial charge in [-0.1, -0.05) is 25.5 Å². The fraction of sp³-hybridized carbons (Fsp3) is 0.375. The summed E-state index contributed by atoms with van der Waals surface area (Å²) in [7, 11) is 0. The van der Waals surface area contributed by atoms with Crippen molar-refractivity contribution in [2.24, 2.45) is 0 Å². The molecule has 1 aromatic carbocycles. The van der Waals surface area contributed by atoms with E-state index in [0.29, 0.717) is 17.0 Å². The van der Waals surface area contributed by atoms with E-state index >= 15 is 0 Å². The molecular formula is C16H19N3O4S. The molecule has 1 saturated heterocycles. The summed E-state index contributed by atoms with van der Waals surface area (Å²) >= 11 is 1.47. The van der Waals surface area contributed by atoms with Gasteiger partial charge in [0.15, 0.2) is 0 Å². The van der Waals surface area contributed by atoms with Gasteiger partial charge in [-0.25, -0.2) is 9.69 Å². The van der Waals surface area contributed by atoms with Gasteiger partial charge in [0.1, 0.15) is 6.54 Å². The summed E-state index contributed by atoms with van der Waals surface area (Å²) in [6.07, 6.45) is 3.28. The number of urea groups is 1. The smallest absolute Gasteiger partial charge is 0.324 e. The van der Waals surface area contributed by atoms with Gasteiger partial charge in [0, 0.05) is 11.4 Å². The Labute approximate surface area is 144 Å². The van der Waals surface area contributed by atoms with Crippen molar-refractivity contribution in [1.82, 2.24) is 9.80 Å². The Kier molecular flexibility index (Phi) is 5.97. The molecule has 1 N–H and O–H groups in total. The summed E-state index contributed by atoms with van der Waals surface area (Å²) in [5.74, 6) is -2.35. The molecule has 1 aromatic rings. The van der Waals surface area contributed by atoms with Crippen LogP contribution in [0.5, 0.6) is 0 Å². The Hall–Kier alpha value is -2.35. The number of carbonyl (C=O) groups excluding carboxylic acids is 4. The van der Waals surface area contributed by atoms with E-state index in [4.69, 9.17) is 0 Å². The molecule has 24 heavy (non-hydrogen) atoms. The van der Waals surface area contributed by atoms with E-state index in [0.717, 1.165) is 16.2 Å². The second-order valence-electron chi connectivity index (χ2n) is 5.23. The molecular weight excluding hydrogens is 330 g/mol. The van der Waals surface area contributed by atoms with Crippen LogP contribution in [0.4, 0.5) is 10.5 Å². The molecule has 7 nitrogen and oxygen atoms in total. The van der Waals surface area contributed by atoms with Crippen LogP contribution in [0.3, 0.4) is 0 Å². The van der Waals surface area contributed by atoms with Crippen LogP contribution in [0, 0.1) is 0 Å². The maximum atomic E-state index is 12.2. The lowest BCUT2D eigenvalue weighted by Crippen LogP contribution is -2.39. The lowest BCUT2D eigenvalue weighted by atomic mass is 10.3. The van der Waals surface area contributed by atoms with Crippen LogP contribution in [-0.4, -0.2) is 52.9 Å². The highest BCUT2D eigenvalue weighted by Crippen LogP contribution is 2.24. The van der Waals surface area contributed by atoms with Gasteiger partial charge in [0.2, 0.25) is 5.91 Å². The van der Waals surface area contributed by atoms with Crippen molar-refractivity contribution >= 4 is 41.2 Å². The van der Waals surface area contributed by atoms with Crippen molar-refractivity contribution in [2.75, 3.05) is 24.7 Å². The molecule has 8 heteroatoms. The normalized spacial score (nSPS) is 14.5. The summed E-state index contributed by atoms with van der Waals surface area (Å²) in [6, 6.07) is 6.47. The van der Waals surface area contributed by atoms with Gasteiger partial charge >= 0.3 is 17.8 Å². The van der Waals surface area contributed by atoms with Crippen LogP contribution in [-0.2, 0) is 14.4 Å². The minimum atomic E-state index is -0.954. The third-order valence-corrected chi connectivity index (χ3v) is 4.35. The van der Waals surface area contributed by atoms with Crippen molar-refractivity contribution < 1.29 is 19.2 Å². The van der Waals surface area contributed by atoms with Gasteiger partial charge in [-0.3, -0.25) is 19.3 Å². The number of amides is 5. The number of nitrogens with one attached hydrogen (secondary N) is 1. The largest absolute Gasteiger partial charge is 0.334 e. The Balaban J connectivity index is 2.04. The van der Waals surface area contributed by atoms with Gasteiger partial charge in [-0.2, -0.15) is 0 Å². The first-order valence-electron chi connectivity index (χ1n) is 7.59. The van der Waals surface area contributed by atoms with E-state index in [1.807, 2.05) is 25.3 Å². The van der Waals surface area contributed by atoms with Crippen LogP contribution in [0.25, 0.3) is 0 Å². The molecule has 1 heterocycles. The standard InChI is InChI=1S/C16H19N3O4S/c1-3-4-9-18-14(21)15(22)19(16(18)23)10-13(20)17-11-7-5-6-8-12(11)24-2/h5-8H,3-4,9-10H2,1-2H3,(H,17,20). The Morgan fingerprint density at radius 3 is 2.46 bits per heavy atom. The molecule has 0 unspecified atom stereocenters. The maximum absolute atomic E-state index is 12.2. The summed E-state index contributed by atoms with van der Waals surface area (Å²) < 4.78 is 0. The molecule has 5 amide bonds. The molecule has 0 aliphatic carbocycles. The highest BCUT2D eigenvalue weighted by Gasteiger charge is 2.44. The summed E-state index contributed by atoms with van der Waals surface area (Å²) in [4.78, 5) is 50.6. The Morgan fingerprint density at radius 2 is 1.79 bits per heavy atom. The van der Waals surface area contributed by atoms with Crippen LogP contribution in [0.2, 0.25) is 0 Å². The van der Waals surface area contributed by atoms with Crippen molar-refractivity contribution in [2.45, 2.75) is 24.7 Å². The molecule has 1 aliphatic rings. The highest BCUT2D eigenvalue weighted by atomic mass is 32.2. The van der Waals surface area contributed by atoms with Gasteiger partial charge in [-0.05, 0) is 24.8 Å². The minimum Gasteiger partial charge on any atom is -0.324 e. The second-order valence-corrected chi connectivity index (χ2v) is 6.08. The molecule has 0 aromatic heterocycles. The zero-order valence-electron chi connectivity index (χ0n) is 13.6. The number of para-hydroxylation sites is 1. The van der Waals surface area contributed by atoms with Crippen molar-refractivity contribution in [3.05, 3.63) is 24.3 Å². The van der Waals surface area contributed by atoms with E-state index in [9.17, 15) is 19.2 Å². The van der Waals surface area contributed by atoms with Crippen LogP contribution in [0.15, 0.2) is 29.2 Å². The van der Waals surface area contributed by atoms with Gasteiger partial charge in [-0.15, -0.1) is 11.8 Å². The molecule has 0 atom stereocenters. The van der Waals surface area contributed by atoms with E-state index in [-0.39, 0.29) is 6.54 Å². The number of carbonyl (C=O) groups is 4. The van der Waals surface area contributed by atoms with Crippen molar-refractivity contribution in [1.29, 1.82) is 0 Å². The molecule has 1 fully saturated rings. The predicted molar refractivity (Wildman–Crippen MR) is 90.6 cm³/mol. The number of imide groups is 2. The number of unbranched alkanes of at least 4 members (excludes halogenated alkanes) is 1. The zero-order valence-corrected chi connectivity index (χ0v) is 14.4. The Morgan fingerprint density at radius 1 is 1.12 bits per heavy atom. The van der Waals surface area contributed by atoms with E-state index in [1.54, 1.807) is 12.1 Å². The quantitative estimate of drug-likeness (QED) is 0.462. The number of hydrogen-bond acceptors (Lipinski definition) is 5. The topological polar surface area (TPSA) is 86.8 Å². The van der Waals surface area contributed by atoms with Crippen LogP contribution < -0.4 is 5.32 Å². The highest BCUT2D eigenvalue weighted by molar-refractivity contribution is 7.98. The fourth-order valence-electron chi connectivity index (χ4n) is 2.28. The van der Waals surface area contributed by atoms with Gasteiger partial charge in [0.05, 0.1) is 5.69 Å². The Bertz CT molecular complexity index is 677. The summed E-state index contributed by atoms with van der Waals surface area (Å²) in [5, 5.41) is 2.67. The monoisotopic (exact) mass is 349 g/mol. The first-order chi connectivity index (χ1) is 11.5. The second kappa shape index (κ2) is 7.96. The first kappa shape index (κ1) is 18.0. The van der Waals surface area contributed by atoms with Crippen LogP contribution in [0.1, 0.15) is 19.8 Å². The number of anilines is 1. The third kappa shape index (κ3) is 3.76. The fourth-order valence-corrected chi connectivity index (χ4v) is 2.84. The molecule has 0 bridgehead atoms. The first-order valence-corrected chi connectivity index (χ1v) is 8.82. The molecule has 0 radical (unpaired) electrons. The summed E-state index contributed by atoms with van der Waals surface area (Å²) in [6.45, 7) is 1.63. The van der Waals surface area contributed by atoms with E-state index in [1.165, 1.54) is 11.8 Å². The number of benzene rings is 1. The molecule has 2 rings (SSSR count). The third-order valence-electron chi connectivity index (χ3n) is 3.55. The summed E-state index contributed by atoms with van der Waals surface area (Å²) in [5.41, 5.74) is 0.600. The number of thioether (sulfide) groups is 1. The SMILES string of the molecule is CCCCN1C(=O)C(=O)N(CC(=O)Nc2ccccc2SC)C1=O. The number of nitrogens with zero attached hydrogens (tertiary/aromatic N) is 2. The predicted octanol–water partition coefficient (Wildman–Crippen LogP) is 1.94. The number of rotatable bonds is 7. The van der Waals surface area contributed by atoms with E-state index < -0.39 is 30.3 Å². The molecule has 1 aliphatic heterocycles. The lowest BCUT2D eigenvalue weighted by molar-refractivity contribution is -0.143. The number of hydrogen-bond donors (Lipinski definition) is 1. The van der Waals surface area contributed by atoms with Gasteiger partial charge in [0.25, 0.3) is 0 Å². The molecule has 128 valence electrons. The zero-order chi connectivity index (χ0) is 17.7. The minimum absolute atomic E-state index is 0.188. The molecule has 0 saturated carbocycles. The average molecular weight is 349 g/mol. The van der Waals surface area contributed by atoms with Crippen molar-refractivity contribution in [3.63, 3.8) is 0 Å². The van der Waals surface area contributed by atoms with Crippen LogP contribution >= 0.6 is 11.8 Å². The van der Waals surface area contributed by atoms with Crippen molar-refractivity contribution in [3.8, 4) is 0 Å². The maximum Gasteiger partial charge on any atom is 0.334 e. The van der Waals surface area contributed by atoms with Gasteiger partial charge < -0.3 is 5.32 Å². The molecule has 0 spiro atoms. The lowest BCUT2D eigenvalue weighted by Gasteiger charge is -2.15. The van der Waals surface area contributed by atoms with E-state index in [2.05, 4.69) is 5.32 Å².